The van der Waals surface area contributed by atoms with Crippen molar-refractivity contribution >= 4 is 0 Å². The highest BCUT2D eigenvalue weighted by Gasteiger charge is 2.18. The lowest BCUT2D eigenvalue weighted by Gasteiger charge is -2.27. The Kier molecular flexibility index (Phi) is 8.64. The molecule has 1 saturated heterocycles. The number of rotatable bonds is 9. The summed E-state index contributed by atoms with van der Waals surface area (Å²) < 4.78 is 11.6. The van der Waals surface area contributed by atoms with Crippen molar-refractivity contribution in [2.75, 3.05) is 26.4 Å². The molecule has 1 rings (SSSR count). The predicted octanol–water partition coefficient (Wildman–Crippen LogP) is 2.99. The maximum absolute atomic E-state index is 5.87. The van der Waals surface area contributed by atoms with Crippen LogP contribution in [0, 0.1) is 5.92 Å². The van der Waals surface area contributed by atoms with Gasteiger partial charge in [-0.1, -0.05) is 27.2 Å². The van der Waals surface area contributed by atoms with Gasteiger partial charge in [-0.05, 0) is 38.1 Å². The summed E-state index contributed by atoms with van der Waals surface area (Å²) in [7, 11) is 0. The third-order valence-corrected chi connectivity index (χ3v) is 3.86. The summed E-state index contributed by atoms with van der Waals surface area (Å²) in [6.45, 7) is 10.3. The molecule has 108 valence electrons. The van der Waals surface area contributed by atoms with Crippen LogP contribution in [0.2, 0.25) is 0 Å². The van der Waals surface area contributed by atoms with Gasteiger partial charge < -0.3 is 14.8 Å². The zero-order chi connectivity index (χ0) is 13.2. The molecule has 0 aromatic rings. The van der Waals surface area contributed by atoms with Gasteiger partial charge in [0.1, 0.15) is 0 Å². The third kappa shape index (κ3) is 6.17. The summed E-state index contributed by atoms with van der Waals surface area (Å²) in [6.07, 6.45) is 6.38. The molecule has 0 aliphatic carbocycles. The van der Waals surface area contributed by atoms with Crippen molar-refractivity contribution in [3.05, 3.63) is 0 Å². The largest absolute Gasteiger partial charge is 0.377 e. The van der Waals surface area contributed by atoms with Gasteiger partial charge in [0.25, 0.3) is 0 Å². The van der Waals surface area contributed by atoms with Crippen LogP contribution in [0.3, 0.4) is 0 Å². The van der Waals surface area contributed by atoms with Crippen LogP contribution in [0.15, 0.2) is 0 Å². The number of hydrogen-bond acceptors (Lipinski definition) is 3. The van der Waals surface area contributed by atoms with Crippen LogP contribution in [-0.4, -0.2) is 38.5 Å². The fourth-order valence-corrected chi connectivity index (χ4v) is 2.30. The first kappa shape index (κ1) is 15.9. The highest BCUT2D eigenvalue weighted by Crippen LogP contribution is 2.14. The quantitative estimate of drug-likeness (QED) is 0.689. The van der Waals surface area contributed by atoms with Crippen LogP contribution in [0.1, 0.15) is 52.9 Å². The van der Waals surface area contributed by atoms with Gasteiger partial charge in [-0.2, -0.15) is 0 Å². The minimum Gasteiger partial charge on any atom is -0.377 e. The van der Waals surface area contributed by atoms with Crippen LogP contribution in [0.5, 0.6) is 0 Å². The third-order valence-electron chi connectivity index (χ3n) is 3.86. The Hall–Kier alpha value is -0.120. The zero-order valence-electron chi connectivity index (χ0n) is 12.4. The van der Waals surface area contributed by atoms with E-state index in [1.807, 2.05) is 0 Å². The Balaban J connectivity index is 2.18. The Labute approximate surface area is 113 Å². The maximum Gasteiger partial charge on any atom is 0.0808 e. The second-order valence-corrected chi connectivity index (χ2v) is 5.47. The fraction of sp³-hybridized carbons (Fsp3) is 1.00. The van der Waals surface area contributed by atoms with E-state index in [-0.39, 0.29) is 0 Å². The molecule has 3 atom stereocenters. The van der Waals surface area contributed by atoms with E-state index in [9.17, 15) is 0 Å². The normalized spacial score (nSPS) is 23.8. The molecule has 0 spiro atoms. The van der Waals surface area contributed by atoms with Gasteiger partial charge in [0.15, 0.2) is 0 Å². The van der Waals surface area contributed by atoms with Gasteiger partial charge in [-0.25, -0.2) is 0 Å². The molecular weight excluding hydrogens is 226 g/mol. The van der Waals surface area contributed by atoms with E-state index in [0.29, 0.717) is 18.1 Å². The van der Waals surface area contributed by atoms with Gasteiger partial charge >= 0.3 is 0 Å². The number of ether oxygens (including phenoxy) is 2. The van der Waals surface area contributed by atoms with Gasteiger partial charge in [-0.15, -0.1) is 0 Å². The Morgan fingerprint density at radius 2 is 2.17 bits per heavy atom. The highest BCUT2D eigenvalue weighted by molar-refractivity contribution is 4.72. The highest BCUT2D eigenvalue weighted by atomic mass is 16.5. The Morgan fingerprint density at radius 3 is 2.78 bits per heavy atom. The number of hydrogen-bond donors (Lipinski definition) is 1. The lowest BCUT2D eigenvalue weighted by atomic mass is 10.00. The molecule has 0 radical (unpaired) electrons. The first-order valence-electron chi connectivity index (χ1n) is 7.70. The molecule has 0 aromatic carbocycles. The van der Waals surface area contributed by atoms with Crippen molar-refractivity contribution in [1.82, 2.24) is 5.32 Å². The van der Waals surface area contributed by atoms with Crippen molar-refractivity contribution in [2.24, 2.45) is 5.92 Å². The molecule has 1 heterocycles. The summed E-state index contributed by atoms with van der Waals surface area (Å²) in [5.41, 5.74) is 0. The van der Waals surface area contributed by atoms with Crippen LogP contribution in [0.25, 0.3) is 0 Å². The average Bonchev–Trinajstić information content (AvgIpc) is 2.43. The van der Waals surface area contributed by atoms with Gasteiger partial charge in [-0.3, -0.25) is 0 Å². The molecule has 0 aromatic heterocycles. The number of nitrogens with one attached hydrogen (secondary N) is 1. The Bertz CT molecular complexity index is 193. The minimum absolute atomic E-state index is 0.336. The van der Waals surface area contributed by atoms with Crippen LogP contribution in [-0.2, 0) is 9.47 Å². The SMILES string of the molecule is CCCNC(COCC1CCCCO1)C(C)CC. The molecule has 18 heavy (non-hydrogen) atoms. The van der Waals surface area contributed by atoms with Gasteiger partial charge in [0, 0.05) is 12.6 Å². The van der Waals surface area contributed by atoms with E-state index in [2.05, 4.69) is 26.1 Å². The smallest absolute Gasteiger partial charge is 0.0808 e. The summed E-state index contributed by atoms with van der Waals surface area (Å²) in [5.74, 6) is 0.670. The standard InChI is InChI=1S/C15H31NO2/c1-4-9-16-15(13(3)5-2)12-17-11-14-8-6-7-10-18-14/h13-16H,4-12H2,1-3H3. The molecule has 0 amide bonds. The molecule has 1 aliphatic heterocycles. The fourth-order valence-electron chi connectivity index (χ4n) is 2.30. The monoisotopic (exact) mass is 257 g/mol. The molecular formula is C15H31NO2. The molecule has 1 fully saturated rings. The second kappa shape index (κ2) is 9.76. The molecule has 0 bridgehead atoms. The van der Waals surface area contributed by atoms with E-state index < -0.39 is 0 Å². The Morgan fingerprint density at radius 1 is 1.33 bits per heavy atom. The first-order valence-corrected chi connectivity index (χ1v) is 7.70. The van der Waals surface area contributed by atoms with Crippen LogP contribution in [0.4, 0.5) is 0 Å². The van der Waals surface area contributed by atoms with Crippen LogP contribution < -0.4 is 5.32 Å². The molecule has 3 nitrogen and oxygen atoms in total. The average molecular weight is 257 g/mol. The maximum atomic E-state index is 5.87. The summed E-state index contributed by atoms with van der Waals surface area (Å²) in [5, 5.41) is 3.59. The van der Waals surface area contributed by atoms with E-state index >= 15 is 0 Å². The lowest BCUT2D eigenvalue weighted by Crippen LogP contribution is -2.40. The van der Waals surface area contributed by atoms with Crippen molar-refractivity contribution in [3.8, 4) is 0 Å². The second-order valence-electron chi connectivity index (χ2n) is 5.47. The van der Waals surface area contributed by atoms with E-state index in [1.54, 1.807) is 0 Å². The van der Waals surface area contributed by atoms with E-state index in [0.717, 1.165) is 32.8 Å². The minimum atomic E-state index is 0.336. The molecule has 1 aliphatic rings. The van der Waals surface area contributed by atoms with Crippen molar-refractivity contribution in [3.63, 3.8) is 0 Å². The summed E-state index contributed by atoms with van der Waals surface area (Å²) in [6, 6.07) is 0.485. The van der Waals surface area contributed by atoms with Gasteiger partial charge in [0.2, 0.25) is 0 Å². The lowest BCUT2D eigenvalue weighted by molar-refractivity contribution is -0.0463. The molecule has 1 N–H and O–H groups in total. The summed E-state index contributed by atoms with van der Waals surface area (Å²) >= 11 is 0. The van der Waals surface area contributed by atoms with Crippen molar-refractivity contribution in [1.29, 1.82) is 0 Å². The molecule has 3 heteroatoms. The van der Waals surface area contributed by atoms with E-state index in [1.165, 1.54) is 25.7 Å². The first-order chi connectivity index (χ1) is 8.77. The van der Waals surface area contributed by atoms with Crippen molar-refractivity contribution in [2.45, 2.75) is 65.0 Å². The van der Waals surface area contributed by atoms with Crippen LogP contribution >= 0.6 is 0 Å². The zero-order valence-corrected chi connectivity index (χ0v) is 12.4. The van der Waals surface area contributed by atoms with E-state index in [4.69, 9.17) is 9.47 Å². The van der Waals surface area contributed by atoms with Gasteiger partial charge in [0.05, 0.1) is 19.3 Å². The molecule has 0 saturated carbocycles. The van der Waals surface area contributed by atoms with Crippen molar-refractivity contribution < 1.29 is 9.47 Å². The predicted molar refractivity (Wildman–Crippen MR) is 75.9 cm³/mol. The molecule has 3 unspecified atom stereocenters. The topological polar surface area (TPSA) is 30.5 Å². The summed E-state index contributed by atoms with van der Waals surface area (Å²) in [4.78, 5) is 0.